The minimum Gasteiger partial charge on any atom is -0.494 e. The fourth-order valence-corrected chi connectivity index (χ4v) is 5.49. The summed E-state index contributed by atoms with van der Waals surface area (Å²) >= 11 is 0. The van der Waals surface area contributed by atoms with E-state index in [0.717, 1.165) is 38.2 Å². The molecule has 3 aromatic rings. The van der Waals surface area contributed by atoms with Gasteiger partial charge in [0.05, 0.1) is 12.2 Å². The van der Waals surface area contributed by atoms with E-state index < -0.39 is 5.82 Å². The van der Waals surface area contributed by atoms with Gasteiger partial charge in [0.2, 0.25) is 0 Å². The SMILES string of the molecule is C[C@@H]1CCCN1CCCOc1ccc2c(ccn2C2CCN(C(=O)c3ccccc3F)CC2)c1. The highest BCUT2D eigenvalue weighted by molar-refractivity contribution is 5.94. The van der Waals surface area contributed by atoms with Crippen molar-refractivity contribution >= 4 is 16.8 Å². The van der Waals surface area contributed by atoms with Crippen LogP contribution in [-0.2, 0) is 0 Å². The topological polar surface area (TPSA) is 37.7 Å². The number of hydrogen-bond donors (Lipinski definition) is 0. The molecule has 0 radical (unpaired) electrons. The second-order valence-corrected chi connectivity index (χ2v) is 9.68. The molecule has 2 saturated heterocycles. The molecule has 0 unspecified atom stereocenters. The highest BCUT2D eigenvalue weighted by Crippen LogP contribution is 2.30. The zero-order valence-corrected chi connectivity index (χ0v) is 20.0. The first kappa shape index (κ1) is 22.9. The second kappa shape index (κ2) is 10.2. The summed E-state index contributed by atoms with van der Waals surface area (Å²) in [7, 11) is 0. The number of rotatable bonds is 7. The summed E-state index contributed by atoms with van der Waals surface area (Å²) in [4.78, 5) is 17.1. The monoisotopic (exact) mass is 463 g/mol. The van der Waals surface area contributed by atoms with Crippen molar-refractivity contribution in [2.24, 2.45) is 0 Å². The number of fused-ring (bicyclic) bond motifs is 1. The summed E-state index contributed by atoms with van der Waals surface area (Å²) in [6.07, 6.45) is 7.54. The summed E-state index contributed by atoms with van der Waals surface area (Å²) < 4.78 is 22.4. The quantitative estimate of drug-likeness (QED) is 0.434. The molecule has 2 fully saturated rings. The Hall–Kier alpha value is -2.86. The third-order valence-corrected chi connectivity index (χ3v) is 7.49. The molecule has 180 valence electrons. The van der Waals surface area contributed by atoms with Crippen LogP contribution < -0.4 is 4.74 Å². The molecule has 1 atom stereocenters. The highest BCUT2D eigenvalue weighted by atomic mass is 19.1. The fourth-order valence-electron chi connectivity index (χ4n) is 5.49. The Morgan fingerprint density at radius 2 is 1.88 bits per heavy atom. The number of piperidine rings is 1. The van der Waals surface area contributed by atoms with Crippen LogP contribution >= 0.6 is 0 Å². The number of hydrogen-bond acceptors (Lipinski definition) is 3. The molecule has 6 heteroatoms. The standard InChI is InChI=1S/C28H34FN3O2/c1-21-6-4-14-30(21)15-5-19-34-24-9-10-27-22(20-24)11-18-32(27)23-12-16-31(17-13-23)28(33)25-7-2-3-8-26(25)29/h2-3,7-11,18,20-21,23H,4-6,12-17,19H2,1H3/t21-/m1/s1. The smallest absolute Gasteiger partial charge is 0.256 e. The van der Waals surface area contributed by atoms with E-state index in [-0.39, 0.29) is 11.5 Å². The van der Waals surface area contributed by atoms with E-state index in [0.29, 0.717) is 25.2 Å². The van der Waals surface area contributed by atoms with Gasteiger partial charge in [-0.05, 0) is 82.0 Å². The third kappa shape index (κ3) is 4.83. The van der Waals surface area contributed by atoms with Crippen molar-refractivity contribution < 1.29 is 13.9 Å². The van der Waals surface area contributed by atoms with E-state index >= 15 is 0 Å². The van der Waals surface area contributed by atoms with Crippen molar-refractivity contribution in [3.8, 4) is 5.75 Å². The maximum atomic E-state index is 14.0. The number of carbonyl (C=O) groups excluding carboxylic acids is 1. The molecule has 2 aliphatic heterocycles. The number of likely N-dealkylation sites (tertiary alicyclic amines) is 2. The summed E-state index contributed by atoms with van der Waals surface area (Å²) in [6.45, 7) is 6.65. The first-order chi connectivity index (χ1) is 16.6. The minimum absolute atomic E-state index is 0.162. The van der Waals surface area contributed by atoms with Crippen molar-refractivity contribution in [2.45, 2.75) is 51.1 Å². The molecule has 2 aliphatic rings. The molecule has 2 aromatic carbocycles. The summed E-state index contributed by atoms with van der Waals surface area (Å²) in [5.41, 5.74) is 1.35. The largest absolute Gasteiger partial charge is 0.494 e. The van der Waals surface area contributed by atoms with Gasteiger partial charge < -0.3 is 19.1 Å². The van der Waals surface area contributed by atoms with Crippen LogP contribution in [0.4, 0.5) is 4.39 Å². The van der Waals surface area contributed by atoms with Crippen LogP contribution in [0.3, 0.4) is 0 Å². The van der Waals surface area contributed by atoms with Crippen LogP contribution in [-0.4, -0.2) is 59.1 Å². The number of aromatic nitrogens is 1. The van der Waals surface area contributed by atoms with Gasteiger partial charge in [0.25, 0.3) is 5.91 Å². The molecule has 0 bridgehead atoms. The summed E-state index contributed by atoms with van der Waals surface area (Å²) in [6, 6.07) is 15.7. The van der Waals surface area contributed by atoms with Gasteiger partial charge in [-0.2, -0.15) is 0 Å². The van der Waals surface area contributed by atoms with Gasteiger partial charge in [-0.25, -0.2) is 4.39 Å². The number of carbonyl (C=O) groups is 1. The Balaban J connectivity index is 1.16. The summed E-state index contributed by atoms with van der Waals surface area (Å²) in [5, 5.41) is 1.18. The lowest BCUT2D eigenvalue weighted by Crippen LogP contribution is -2.39. The zero-order valence-electron chi connectivity index (χ0n) is 20.0. The number of amides is 1. The molecule has 0 saturated carbocycles. The van der Waals surface area contributed by atoms with Crippen molar-refractivity contribution in [1.82, 2.24) is 14.4 Å². The second-order valence-electron chi connectivity index (χ2n) is 9.68. The van der Waals surface area contributed by atoms with Crippen molar-refractivity contribution in [3.05, 3.63) is 66.1 Å². The van der Waals surface area contributed by atoms with Gasteiger partial charge in [-0.3, -0.25) is 4.79 Å². The van der Waals surface area contributed by atoms with Crippen LogP contribution in [0.25, 0.3) is 10.9 Å². The Labute approximate surface area is 201 Å². The molecule has 3 heterocycles. The van der Waals surface area contributed by atoms with Crippen LogP contribution in [0.15, 0.2) is 54.7 Å². The van der Waals surface area contributed by atoms with E-state index in [2.05, 4.69) is 46.9 Å². The first-order valence-electron chi connectivity index (χ1n) is 12.6. The zero-order chi connectivity index (χ0) is 23.5. The molecule has 0 N–H and O–H groups in total. The normalized spacial score (nSPS) is 19.7. The lowest BCUT2D eigenvalue weighted by molar-refractivity contribution is 0.0691. The van der Waals surface area contributed by atoms with Gasteiger partial charge in [0, 0.05) is 48.8 Å². The predicted molar refractivity (Wildman–Crippen MR) is 133 cm³/mol. The number of ether oxygens (including phenoxy) is 1. The number of halogens is 1. The molecule has 0 aliphatic carbocycles. The van der Waals surface area contributed by atoms with Crippen molar-refractivity contribution in [2.75, 3.05) is 32.8 Å². The van der Waals surface area contributed by atoms with Crippen molar-refractivity contribution in [3.63, 3.8) is 0 Å². The van der Waals surface area contributed by atoms with Gasteiger partial charge in [-0.1, -0.05) is 12.1 Å². The molecule has 1 aromatic heterocycles. The van der Waals surface area contributed by atoms with Gasteiger partial charge in [0.15, 0.2) is 0 Å². The molecule has 0 spiro atoms. The van der Waals surface area contributed by atoms with Crippen LogP contribution in [0.1, 0.15) is 55.4 Å². The first-order valence-corrected chi connectivity index (χ1v) is 12.6. The van der Waals surface area contributed by atoms with Crippen LogP contribution in [0.2, 0.25) is 0 Å². The molecule has 34 heavy (non-hydrogen) atoms. The van der Waals surface area contributed by atoms with E-state index in [1.807, 2.05) is 0 Å². The van der Waals surface area contributed by atoms with Crippen LogP contribution in [0, 0.1) is 5.82 Å². The average Bonchev–Trinajstić information content (AvgIpc) is 3.47. The van der Waals surface area contributed by atoms with Gasteiger partial charge >= 0.3 is 0 Å². The maximum Gasteiger partial charge on any atom is 0.256 e. The minimum atomic E-state index is -0.449. The molecule has 1 amide bonds. The van der Waals surface area contributed by atoms with Crippen molar-refractivity contribution in [1.29, 1.82) is 0 Å². The Bertz CT molecular complexity index is 1140. The Morgan fingerprint density at radius 3 is 2.65 bits per heavy atom. The molecular formula is C28H34FN3O2. The number of nitrogens with zero attached hydrogens (tertiary/aromatic N) is 3. The van der Waals surface area contributed by atoms with E-state index in [9.17, 15) is 9.18 Å². The lowest BCUT2D eigenvalue weighted by Gasteiger charge is -2.33. The van der Waals surface area contributed by atoms with E-state index in [1.54, 1.807) is 23.1 Å². The van der Waals surface area contributed by atoms with E-state index in [4.69, 9.17) is 4.74 Å². The van der Waals surface area contributed by atoms with Gasteiger partial charge in [-0.15, -0.1) is 0 Å². The average molecular weight is 464 g/mol. The predicted octanol–water partition coefficient (Wildman–Crippen LogP) is 5.51. The molecule has 5 rings (SSSR count). The van der Waals surface area contributed by atoms with Gasteiger partial charge in [0.1, 0.15) is 11.6 Å². The molecule has 5 nitrogen and oxygen atoms in total. The number of benzene rings is 2. The highest BCUT2D eigenvalue weighted by Gasteiger charge is 2.26. The Morgan fingerprint density at radius 1 is 1.06 bits per heavy atom. The molecular weight excluding hydrogens is 429 g/mol. The lowest BCUT2D eigenvalue weighted by atomic mass is 10.0. The fraction of sp³-hybridized carbons (Fsp3) is 0.464. The summed E-state index contributed by atoms with van der Waals surface area (Å²) in [5.74, 6) is 0.259. The third-order valence-electron chi connectivity index (χ3n) is 7.49. The maximum absolute atomic E-state index is 14.0. The van der Waals surface area contributed by atoms with E-state index in [1.165, 1.54) is 36.4 Å². The Kier molecular flexibility index (Phi) is 6.86. The van der Waals surface area contributed by atoms with Crippen LogP contribution in [0.5, 0.6) is 5.75 Å².